The fourth-order valence-electron chi connectivity index (χ4n) is 3.66. The van der Waals surface area contributed by atoms with E-state index < -0.39 is 5.54 Å². The number of nitrogens with zero attached hydrogens (tertiary/aromatic N) is 1. The average Bonchev–Trinajstić information content (AvgIpc) is 3.04. The molecule has 1 aromatic rings. The van der Waals surface area contributed by atoms with Crippen LogP contribution in [-0.2, 0) is 16.1 Å². The summed E-state index contributed by atoms with van der Waals surface area (Å²) in [7, 11) is 0. The van der Waals surface area contributed by atoms with E-state index in [1.54, 1.807) is 6.92 Å². The van der Waals surface area contributed by atoms with Gasteiger partial charge in [0.05, 0.1) is 31.4 Å². The molecular formula is C20H32N2O3. The highest BCUT2D eigenvalue weighted by molar-refractivity contribution is 5.74. The maximum Gasteiger partial charge on any atom is 0.220 e. The maximum atomic E-state index is 12.1. The molecule has 1 saturated heterocycles. The summed E-state index contributed by atoms with van der Waals surface area (Å²) in [6.45, 7) is 8.36. The van der Waals surface area contributed by atoms with Gasteiger partial charge in [0.15, 0.2) is 0 Å². The maximum absolute atomic E-state index is 12.1. The lowest BCUT2D eigenvalue weighted by Crippen LogP contribution is -2.63. The lowest BCUT2D eigenvalue weighted by molar-refractivity contribution is -0.137. The van der Waals surface area contributed by atoms with E-state index >= 15 is 0 Å². The molecule has 1 heterocycles. The first kappa shape index (κ1) is 19.9. The Bertz CT molecular complexity index is 535. The molecular weight excluding hydrogens is 316 g/mol. The first-order chi connectivity index (χ1) is 12.0. The average molecular weight is 348 g/mol. The summed E-state index contributed by atoms with van der Waals surface area (Å²) in [5.74, 6) is 0.505. The standard InChI is InChI=1S/C20H32N2O3/c1-16(2)12-21-19(14-25-13-18-8-5-4-6-9-18)20(15-23)10-7-11-22(20)17(3)24/h4-6,8-9,16,19,21,23H,7,10-15H2,1-3H3. The summed E-state index contributed by atoms with van der Waals surface area (Å²) in [5, 5.41) is 13.7. The van der Waals surface area contributed by atoms with Crippen molar-refractivity contribution >= 4 is 5.91 Å². The number of nitrogens with one attached hydrogen (secondary N) is 1. The highest BCUT2D eigenvalue weighted by Crippen LogP contribution is 2.33. The second-order valence-electron chi connectivity index (χ2n) is 7.39. The van der Waals surface area contributed by atoms with Gasteiger partial charge < -0.3 is 20.1 Å². The topological polar surface area (TPSA) is 61.8 Å². The molecule has 25 heavy (non-hydrogen) atoms. The Morgan fingerprint density at radius 2 is 2.08 bits per heavy atom. The van der Waals surface area contributed by atoms with Gasteiger partial charge in [0.2, 0.25) is 5.91 Å². The predicted octanol–water partition coefficient (Wildman–Crippen LogP) is 2.19. The van der Waals surface area contributed by atoms with Crippen LogP contribution in [0.5, 0.6) is 0 Å². The third-order valence-electron chi connectivity index (χ3n) is 5.00. The van der Waals surface area contributed by atoms with Crippen LogP contribution in [-0.4, -0.2) is 53.8 Å². The van der Waals surface area contributed by atoms with Crippen molar-refractivity contribution in [3.8, 4) is 0 Å². The third-order valence-corrected chi connectivity index (χ3v) is 5.00. The van der Waals surface area contributed by atoms with Gasteiger partial charge in [-0.2, -0.15) is 0 Å². The van der Waals surface area contributed by atoms with E-state index in [1.807, 2.05) is 35.2 Å². The van der Waals surface area contributed by atoms with Crippen molar-refractivity contribution in [2.45, 2.75) is 51.8 Å². The lowest BCUT2D eigenvalue weighted by Gasteiger charge is -2.43. The molecule has 2 atom stereocenters. The summed E-state index contributed by atoms with van der Waals surface area (Å²) in [5.41, 5.74) is 0.551. The van der Waals surface area contributed by atoms with Crippen molar-refractivity contribution in [2.24, 2.45) is 5.92 Å². The van der Waals surface area contributed by atoms with E-state index in [4.69, 9.17) is 4.74 Å². The number of hydrogen-bond donors (Lipinski definition) is 2. The van der Waals surface area contributed by atoms with Crippen LogP contribution in [0.25, 0.3) is 0 Å². The molecule has 1 aromatic carbocycles. The summed E-state index contributed by atoms with van der Waals surface area (Å²) in [6, 6.07) is 9.97. The normalized spacial score (nSPS) is 21.7. The molecule has 2 N–H and O–H groups in total. The monoisotopic (exact) mass is 348 g/mol. The number of carbonyl (C=O) groups is 1. The van der Waals surface area contributed by atoms with Crippen LogP contribution in [0.1, 0.15) is 39.2 Å². The van der Waals surface area contributed by atoms with Gasteiger partial charge in [-0.1, -0.05) is 44.2 Å². The lowest BCUT2D eigenvalue weighted by atomic mass is 9.87. The largest absolute Gasteiger partial charge is 0.394 e. The number of hydrogen-bond acceptors (Lipinski definition) is 4. The van der Waals surface area contributed by atoms with Gasteiger partial charge in [-0.15, -0.1) is 0 Å². The Morgan fingerprint density at radius 3 is 2.68 bits per heavy atom. The Morgan fingerprint density at radius 1 is 1.36 bits per heavy atom. The van der Waals surface area contributed by atoms with E-state index in [0.717, 1.165) is 24.9 Å². The highest BCUT2D eigenvalue weighted by Gasteiger charge is 2.48. The van der Waals surface area contributed by atoms with Crippen LogP contribution in [0.15, 0.2) is 30.3 Å². The van der Waals surface area contributed by atoms with Gasteiger partial charge in [-0.25, -0.2) is 0 Å². The molecule has 1 amide bonds. The van der Waals surface area contributed by atoms with E-state index in [1.165, 1.54) is 0 Å². The molecule has 1 fully saturated rings. The quantitative estimate of drug-likeness (QED) is 0.718. The van der Waals surface area contributed by atoms with Gasteiger partial charge in [-0.05, 0) is 30.9 Å². The zero-order chi connectivity index (χ0) is 18.3. The van der Waals surface area contributed by atoms with E-state index in [2.05, 4.69) is 19.2 Å². The van der Waals surface area contributed by atoms with Crippen molar-refractivity contribution in [1.82, 2.24) is 10.2 Å². The fourth-order valence-corrected chi connectivity index (χ4v) is 3.66. The van der Waals surface area contributed by atoms with E-state index in [0.29, 0.717) is 25.7 Å². The minimum absolute atomic E-state index is 0.0194. The SMILES string of the molecule is CC(=O)N1CCCC1(CO)C(COCc1ccccc1)NCC(C)C. The fraction of sp³-hybridized carbons (Fsp3) is 0.650. The third kappa shape index (κ3) is 5.03. The molecule has 0 aliphatic carbocycles. The van der Waals surface area contributed by atoms with E-state index in [9.17, 15) is 9.90 Å². The van der Waals surface area contributed by atoms with Crippen molar-refractivity contribution in [3.05, 3.63) is 35.9 Å². The first-order valence-electron chi connectivity index (χ1n) is 9.23. The zero-order valence-electron chi connectivity index (χ0n) is 15.7. The summed E-state index contributed by atoms with van der Waals surface area (Å²) < 4.78 is 5.97. The molecule has 1 aliphatic heterocycles. The number of carbonyl (C=O) groups excluding carboxylic acids is 1. The number of benzene rings is 1. The van der Waals surface area contributed by atoms with Crippen molar-refractivity contribution in [2.75, 3.05) is 26.3 Å². The van der Waals surface area contributed by atoms with Gasteiger partial charge >= 0.3 is 0 Å². The van der Waals surface area contributed by atoms with Crippen LogP contribution in [0.4, 0.5) is 0 Å². The number of ether oxygens (including phenoxy) is 1. The number of likely N-dealkylation sites (tertiary alicyclic amines) is 1. The number of aliphatic hydroxyl groups excluding tert-OH is 1. The van der Waals surface area contributed by atoms with Gasteiger partial charge in [0.1, 0.15) is 0 Å². The Balaban J connectivity index is 2.08. The Labute approximate surface area is 151 Å². The van der Waals surface area contributed by atoms with Gasteiger partial charge in [0.25, 0.3) is 0 Å². The second kappa shape index (κ2) is 9.32. The molecule has 0 aromatic heterocycles. The van der Waals surface area contributed by atoms with Gasteiger partial charge in [0, 0.05) is 13.5 Å². The summed E-state index contributed by atoms with van der Waals surface area (Å²) in [4.78, 5) is 13.9. The van der Waals surface area contributed by atoms with Crippen LogP contribution in [0, 0.1) is 5.92 Å². The van der Waals surface area contributed by atoms with E-state index in [-0.39, 0.29) is 18.6 Å². The van der Waals surface area contributed by atoms with Crippen LogP contribution in [0.3, 0.4) is 0 Å². The molecule has 0 bridgehead atoms. The highest BCUT2D eigenvalue weighted by atomic mass is 16.5. The smallest absolute Gasteiger partial charge is 0.220 e. The van der Waals surface area contributed by atoms with Crippen molar-refractivity contribution in [1.29, 1.82) is 0 Å². The van der Waals surface area contributed by atoms with Gasteiger partial charge in [-0.3, -0.25) is 4.79 Å². The Hall–Kier alpha value is -1.43. The Kier molecular flexibility index (Phi) is 7.41. The molecule has 140 valence electrons. The van der Waals surface area contributed by atoms with Crippen molar-refractivity contribution < 1.29 is 14.6 Å². The van der Waals surface area contributed by atoms with Crippen LogP contribution >= 0.6 is 0 Å². The molecule has 0 saturated carbocycles. The van der Waals surface area contributed by atoms with Crippen LogP contribution < -0.4 is 5.32 Å². The summed E-state index contributed by atoms with van der Waals surface area (Å²) >= 11 is 0. The molecule has 2 unspecified atom stereocenters. The number of aliphatic hydroxyl groups is 1. The van der Waals surface area contributed by atoms with Crippen molar-refractivity contribution in [3.63, 3.8) is 0 Å². The minimum Gasteiger partial charge on any atom is -0.394 e. The first-order valence-corrected chi connectivity index (χ1v) is 9.23. The molecule has 0 spiro atoms. The molecule has 0 radical (unpaired) electrons. The van der Waals surface area contributed by atoms with Crippen LogP contribution in [0.2, 0.25) is 0 Å². The molecule has 5 heteroatoms. The molecule has 5 nitrogen and oxygen atoms in total. The zero-order valence-corrected chi connectivity index (χ0v) is 15.7. The second-order valence-corrected chi connectivity index (χ2v) is 7.39. The summed E-state index contributed by atoms with van der Waals surface area (Å²) in [6.07, 6.45) is 1.71. The molecule has 1 aliphatic rings. The number of amides is 1. The number of rotatable bonds is 9. The molecule has 2 rings (SSSR count). The minimum atomic E-state index is -0.572. The predicted molar refractivity (Wildman–Crippen MR) is 99.2 cm³/mol.